The highest BCUT2D eigenvalue weighted by Gasteiger charge is 2.38. The molecule has 0 aromatic heterocycles. The quantitative estimate of drug-likeness (QED) is 0.747. The Balaban J connectivity index is 1.95. The predicted molar refractivity (Wildman–Crippen MR) is 97.3 cm³/mol. The van der Waals surface area contributed by atoms with Crippen LogP contribution in [0.1, 0.15) is 42.5 Å². The monoisotopic (exact) mass is 302 g/mol. The number of hydrogen-bond donors (Lipinski definition) is 0. The van der Waals surface area contributed by atoms with Crippen molar-refractivity contribution >= 4 is 17.9 Å². The largest absolute Gasteiger partial charge is 0.294 e. The molecular weight excluding hydrogens is 280 g/mol. The third-order valence-electron chi connectivity index (χ3n) is 4.67. The van der Waals surface area contributed by atoms with Crippen molar-refractivity contribution in [2.24, 2.45) is 0 Å². The van der Waals surface area contributed by atoms with Gasteiger partial charge in [0.2, 0.25) is 0 Å². The molecule has 0 amide bonds. The van der Waals surface area contributed by atoms with E-state index < -0.39 is 5.41 Å². The SMILES string of the molecule is CC1=Cc2cc(C)ccc2[C@](C)(C/C=C/c2ccccc2)C1=O. The Labute approximate surface area is 138 Å². The zero-order chi connectivity index (χ0) is 16.4. The van der Waals surface area contributed by atoms with Crippen LogP contribution >= 0.6 is 0 Å². The fourth-order valence-corrected chi connectivity index (χ4v) is 3.36. The number of hydrogen-bond acceptors (Lipinski definition) is 1. The van der Waals surface area contributed by atoms with Gasteiger partial charge < -0.3 is 0 Å². The van der Waals surface area contributed by atoms with E-state index in [2.05, 4.69) is 56.3 Å². The molecule has 0 spiro atoms. The second-order valence-corrected chi connectivity index (χ2v) is 6.60. The highest BCUT2D eigenvalue weighted by molar-refractivity contribution is 6.09. The maximum absolute atomic E-state index is 12.8. The van der Waals surface area contributed by atoms with Gasteiger partial charge >= 0.3 is 0 Å². The molecule has 1 aliphatic rings. The van der Waals surface area contributed by atoms with Gasteiger partial charge in [0.25, 0.3) is 0 Å². The third-order valence-corrected chi connectivity index (χ3v) is 4.67. The van der Waals surface area contributed by atoms with E-state index in [0.717, 1.165) is 16.7 Å². The van der Waals surface area contributed by atoms with Crippen molar-refractivity contribution in [2.75, 3.05) is 0 Å². The van der Waals surface area contributed by atoms with E-state index in [-0.39, 0.29) is 5.78 Å². The van der Waals surface area contributed by atoms with Gasteiger partial charge in [0.15, 0.2) is 5.78 Å². The number of carbonyl (C=O) groups excluding carboxylic acids is 1. The molecule has 0 radical (unpaired) electrons. The van der Waals surface area contributed by atoms with Gasteiger partial charge in [0.05, 0.1) is 5.41 Å². The lowest BCUT2D eigenvalue weighted by Crippen LogP contribution is -2.35. The first kappa shape index (κ1) is 15.5. The number of allylic oxidation sites excluding steroid dienone is 2. The number of Topliss-reactive ketones (excluding diaryl/α,β-unsaturated/α-hetero) is 1. The lowest BCUT2D eigenvalue weighted by Gasteiger charge is -2.33. The summed E-state index contributed by atoms with van der Waals surface area (Å²) in [4.78, 5) is 12.8. The fourth-order valence-electron chi connectivity index (χ4n) is 3.36. The molecule has 2 aromatic rings. The number of rotatable bonds is 3. The van der Waals surface area contributed by atoms with E-state index in [4.69, 9.17) is 0 Å². The minimum atomic E-state index is -0.479. The average molecular weight is 302 g/mol. The van der Waals surface area contributed by atoms with E-state index in [1.54, 1.807) is 0 Å². The first-order valence-electron chi connectivity index (χ1n) is 8.06. The molecule has 0 fully saturated rings. The van der Waals surface area contributed by atoms with Gasteiger partial charge in [0.1, 0.15) is 0 Å². The van der Waals surface area contributed by atoms with Crippen LogP contribution < -0.4 is 0 Å². The zero-order valence-corrected chi connectivity index (χ0v) is 14.0. The van der Waals surface area contributed by atoms with Crippen LogP contribution in [-0.4, -0.2) is 5.78 Å². The number of fused-ring (bicyclic) bond motifs is 1. The number of aryl methyl sites for hydroxylation is 1. The van der Waals surface area contributed by atoms with Gasteiger partial charge in [-0.1, -0.05) is 66.2 Å². The molecule has 0 unspecified atom stereocenters. The molecule has 0 heterocycles. The van der Waals surface area contributed by atoms with E-state index in [0.29, 0.717) is 6.42 Å². The van der Waals surface area contributed by atoms with Gasteiger partial charge in [-0.05, 0) is 55.5 Å². The third kappa shape index (κ3) is 2.92. The van der Waals surface area contributed by atoms with E-state index in [9.17, 15) is 4.79 Å². The van der Waals surface area contributed by atoms with Crippen molar-refractivity contribution in [1.29, 1.82) is 0 Å². The summed E-state index contributed by atoms with van der Waals surface area (Å²) < 4.78 is 0. The lowest BCUT2D eigenvalue weighted by molar-refractivity contribution is -0.120. The Kier molecular flexibility index (Phi) is 4.04. The Morgan fingerprint density at radius 3 is 2.52 bits per heavy atom. The minimum absolute atomic E-state index is 0.228. The van der Waals surface area contributed by atoms with Gasteiger partial charge in [-0.3, -0.25) is 4.79 Å². The second kappa shape index (κ2) is 6.00. The summed E-state index contributed by atoms with van der Waals surface area (Å²) in [6.07, 6.45) is 6.95. The summed E-state index contributed by atoms with van der Waals surface area (Å²) in [5, 5.41) is 0. The minimum Gasteiger partial charge on any atom is -0.294 e. The molecule has 0 saturated heterocycles. The molecule has 0 aliphatic heterocycles. The number of carbonyl (C=O) groups is 1. The van der Waals surface area contributed by atoms with Crippen LogP contribution in [-0.2, 0) is 10.2 Å². The summed E-state index contributed by atoms with van der Waals surface area (Å²) in [5.74, 6) is 0.228. The van der Waals surface area contributed by atoms with Crippen LogP contribution in [0.25, 0.3) is 12.2 Å². The van der Waals surface area contributed by atoms with Crippen molar-refractivity contribution in [1.82, 2.24) is 0 Å². The van der Waals surface area contributed by atoms with E-state index >= 15 is 0 Å². The zero-order valence-electron chi connectivity index (χ0n) is 14.0. The highest BCUT2D eigenvalue weighted by atomic mass is 16.1. The van der Waals surface area contributed by atoms with E-state index in [1.807, 2.05) is 31.2 Å². The molecule has 23 heavy (non-hydrogen) atoms. The van der Waals surface area contributed by atoms with Crippen LogP contribution in [0.2, 0.25) is 0 Å². The normalized spacial score (nSPS) is 20.5. The number of benzene rings is 2. The molecule has 2 aromatic carbocycles. The topological polar surface area (TPSA) is 17.1 Å². The predicted octanol–water partition coefficient (Wildman–Crippen LogP) is 5.34. The van der Waals surface area contributed by atoms with E-state index in [1.165, 1.54) is 11.1 Å². The lowest BCUT2D eigenvalue weighted by atomic mass is 9.68. The first-order valence-corrected chi connectivity index (χ1v) is 8.06. The smallest absolute Gasteiger partial charge is 0.169 e. The van der Waals surface area contributed by atoms with Crippen LogP contribution in [0, 0.1) is 6.92 Å². The van der Waals surface area contributed by atoms with Crippen molar-refractivity contribution in [3.05, 3.63) is 82.4 Å². The second-order valence-electron chi connectivity index (χ2n) is 6.60. The summed E-state index contributed by atoms with van der Waals surface area (Å²) >= 11 is 0. The first-order chi connectivity index (χ1) is 11.0. The van der Waals surface area contributed by atoms with Gasteiger partial charge in [-0.2, -0.15) is 0 Å². The van der Waals surface area contributed by atoms with Crippen LogP contribution in [0.3, 0.4) is 0 Å². The van der Waals surface area contributed by atoms with Crippen LogP contribution in [0.5, 0.6) is 0 Å². The fraction of sp³-hybridized carbons (Fsp3) is 0.227. The van der Waals surface area contributed by atoms with Crippen LogP contribution in [0.4, 0.5) is 0 Å². The molecule has 0 N–H and O–H groups in total. The molecule has 1 heteroatoms. The van der Waals surface area contributed by atoms with Crippen molar-refractivity contribution in [3.63, 3.8) is 0 Å². The van der Waals surface area contributed by atoms with Gasteiger partial charge in [0, 0.05) is 0 Å². The molecule has 0 saturated carbocycles. The summed E-state index contributed by atoms with van der Waals surface area (Å²) in [7, 11) is 0. The van der Waals surface area contributed by atoms with Crippen molar-refractivity contribution in [2.45, 2.75) is 32.6 Å². The molecule has 116 valence electrons. The summed E-state index contributed by atoms with van der Waals surface area (Å²) in [6, 6.07) is 16.6. The molecule has 0 bridgehead atoms. The summed E-state index contributed by atoms with van der Waals surface area (Å²) in [5.41, 5.74) is 5.07. The molecular formula is C22H22O. The maximum Gasteiger partial charge on any atom is 0.169 e. The van der Waals surface area contributed by atoms with Crippen molar-refractivity contribution in [3.8, 4) is 0 Å². The van der Waals surface area contributed by atoms with Gasteiger partial charge in [-0.15, -0.1) is 0 Å². The Bertz CT molecular complexity index is 796. The van der Waals surface area contributed by atoms with Crippen molar-refractivity contribution < 1.29 is 4.79 Å². The molecule has 1 aliphatic carbocycles. The van der Waals surface area contributed by atoms with Gasteiger partial charge in [-0.25, -0.2) is 0 Å². The molecule has 3 rings (SSSR count). The Hall–Kier alpha value is -2.41. The average Bonchev–Trinajstić information content (AvgIpc) is 2.54. The maximum atomic E-state index is 12.8. The Morgan fingerprint density at radius 2 is 1.78 bits per heavy atom. The Morgan fingerprint density at radius 1 is 1.04 bits per heavy atom. The number of ketones is 1. The standard InChI is InChI=1S/C22H22O/c1-16-11-12-20-19(14-16)15-17(2)21(23)22(20,3)13-7-10-18-8-5-4-6-9-18/h4-12,14-15H,13H2,1-3H3/b10-7+/t22-/m0/s1. The highest BCUT2D eigenvalue weighted by Crippen LogP contribution is 2.39. The molecule has 1 atom stereocenters. The van der Waals surface area contributed by atoms with Crippen LogP contribution in [0.15, 0.2) is 60.2 Å². The molecule has 1 nitrogen and oxygen atoms in total. The summed E-state index contributed by atoms with van der Waals surface area (Å²) in [6.45, 7) is 6.08.